The topological polar surface area (TPSA) is 71.5 Å². The second-order valence-corrected chi connectivity index (χ2v) is 4.31. The second-order valence-electron chi connectivity index (χ2n) is 4.31. The van der Waals surface area contributed by atoms with Gasteiger partial charge >= 0.3 is 0 Å². The van der Waals surface area contributed by atoms with Crippen LogP contribution in [0.4, 0.5) is 0 Å². The zero-order chi connectivity index (χ0) is 14.4. The van der Waals surface area contributed by atoms with Gasteiger partial charge in [-0.2, -0.15) is 0 Å². The van der Waals surface area contributed by atoms with Gasteiger partial charge in [0, 0.05) is 6.20 Å². The Morgan fingerprint density at radius 1 is 1.40 bits per heavy atom. The van der Waals surface area contributed by atoms with Crippen LogP contribution >= 0.6 is 0 Å². The minimum Gasteiger partial charge on any atom is -0.505 e. The maximum atomic E-state index is 11.8. The van der Waals surface area contributed by atoms with E-state index in [9.17, 15) is 9.90 Å². The van der Waals surface area contributed by atoms with Gasteiger partial charge in [0.05, 0.1) is 18.3 Å². The summed E-state index contributed by atoms with van der Waals surface area (Å²) in [5.74, 6) is 0.286. The van der Waals surface area contributed by atoms with Gasteiger partial charge in [-0.1, -0.05) is 12.1 Å². The highest BCUT2D eigenvalue weighted by Gasteiger charge is 2.09. The minimum absolute atomic E-state index is 0.135. The number of benzene rings is 1. The lowest BCUT2D eigenvalue weighted by atomic mass is 10.2. The van der Waals surface area contributed by atoms with Gasteiger partial charge in [0.2, 0.25) is 0 Å². The van der Waals surface area contributed by atoms with Crippen molar-refractivity contribution in [2.45, 2.75) is 6.92 Å². The number of aromatic hydroxyl groups is 1. The van der Waals surface area contributed by atoms with Crippen molar-refractivity contribution in [1.82, 2.24) is 10.3 Å². The van der Waals surface area contributed by atoms with Crippen LogP contribution in [0.15, 0.2) is 42.7 Å². The summed E-state index contributed by atoms with van der Waals surface area (Å²) in [6, 6.07) is 9.16. The van der Waals surface area contributed by atoms with Gasteiger partial charge in [0.15, 0.2) is 0 Å². The Labute approximate surface area is 117 Å². The number of aromatic nitrogens is 1. The molecule has 5 heteroatoms. The number of pyridine rings is 1. The van der Waals surface area contributed by atoms with E-state index in [1.807, 2.05) is 31.2 Å². The Balaban J connectivity index is 1.79. The third kappa shape index (κ3) is 3.71. The van der Waals surface area contributed by atoms with E-state index in [4.69, 9.17) is 4.74 Å². The number of hydrogen-bond donors (Lipinski definition) is 2. The van der Waals surface area contributed by atoms with Crippen molar-refractivity contribution in [3.63, 3.8) is 0 Å². The highest BCUT2D eigenvalue weighted by atomic mass is 16.5. The predicted molar refractivity (Wildman–Crippen MR) is 74.9 cm³/mol. The Morgan fingerprint density at radius 2 is 2.25 bits per heavy atom. The first-order chi connectivity index (χ1) is 9.66. The van der Waals surface area contributed by atoms with Crippen LogP contribution in [0.2, 0.25) is 0 Å². The molecular formula is C15H16N2O3. The molecule has 5 nitrogen and oxygen atoms in total. The molecule has 0 fully saturated rings. The molecule has 1 aromatic heterocycles. The van der Waals surface area contributed by atoms with Gasteiger partial charge in [-0.25, -0.2) is 0 Å². The lowest BCUT2D eigenvalue weighted by Crippen LogP contribution is -2.28. The molecule has 0 aliphatic heterocycles. The van der Waals surface area contributed by atoms with Crippen molar-refractivity contribution < 1.29 is 14.6 Å². The molecule has 104 valence electrons. The van der Waals surface area contributed by atoms with Crippen LogP contribution in [0.25, 0.3) is 0 Å². The molecule has 0 aliphatic rings. The SMILES string of the molecule is Cc1cccc(OCCNC(=O)c2ccncc2O)c1. The van der Waals surface area contributed by atoms with Gasteiger partial charge in [-0.3, -0.25) is 9.78 Å². The normalized spacial score (nSPS) is 10.1. The molecule has 0 saturated heterocycles. The van der Waals surface area contributed by atoms with E-state index < -0.39 is 0 Å². The predicted octanol–water partition coefficient (Wildman–Crippen LogP) is 1.90. The molecule has 1 heterocycles. The minimum atomic E-state index is -0.349. The third-order valence-corrected chi connectivity index (χ3v) is 2.69. The second kappa shape index (κ2) is 6.56. The summed E-state index contributed by atoms with van der Waals surface area (Å²) < 4.78 is 5.51. The largest absolute Gasteiger partial charge is 0.505 e. The fourth-order valence-electron chi connectivity index (χ4n) is 1.71. The summed E-state index contributed by atoms with van der Waals surface area (Å²) in [6.07, 6.45) is 2.69. The quantitative estimate of drug-likeness (QED) is 0.816. The molecule has 0 spiro atoms. The molecule has 2 aromatic rings. The molecule has 0 aliphatic carbocycles. The molecule has 1 amide bonds. The van der Waals surface area contributed by atoms with Crippen molar-refractivity contribution in [2.75, 3.05) is 13.2 Å². The van der Waals surface area contributed by atoms with E-state index in [1.54, 1.807) is 0 Å². The number of hydrogen-bond acceptors (Lipinski definition) is 4. The van der Waals surface area contributed by atoms with Crippen LogP contribution in [0.1, 0.15) is 15.9 Å². The fraction of sp³-hybridized carbons (Fsp3) is 0.200. The molecule has 0 bridgehead atoms. The highest BCUT2D eigenvalue weighted by Crippen LogP contribution is 2.13. The van der Waals surface area contributed by atoms with Gasteiger partial charge in [0.1, 0.15) is 18.1 Å². The van der Waals surface area contributed by atoms with E-state index in [1.165, 1.54) is 18.5 Å². The van der Waals surface area contributed by atoms with Crippen LogP contribution in [0.5, 0.6) is 11.5 Å². The Morgan fingerprint density at radius 3 is 3.00 bits per heavy atom. The van der Waals surface area contributed by atoms with Gasteiger partial charge < -0.3 is 15.2 Å². The smallest absolute Gasteiger partial charge is 0.255 e. The van der Waals surface area contributed by atoms with Crippen LogP contribution in [0.3, 0.4) is 0 Å². The van der Waals surface area contributed by atoms with Gasteiger partial charge in [-0.15, -0.1) is 0 Å². The third-order valence-electron chi connectivity index (χ3n) is 2.69. The summed E-state index contributed by atoms with van der Waals surface area (Å²) in [5, 5.41) is 12.2. The van der Waals surface area contributed by atoms with Crippen LogP contribution in [-0.4, -0.2) is 29.1 Å². The number of ether oxygens (including phenoxy) is 1. The number of aryl methyl sites for hydroxylation is 1. The average molecular weight is 272 g/mol. The molecule has 2 rings (SSSR count). The standard InChI is InChI=1S/C15H16N2O3/c1-11-3-2-4-12(9-11)20-8-7-17-15(19)13-5-6-16-10-14(13)18/h2-6,9-10,18H,7-8H2,1H3,(H,17,19). The number of nitrogens with one attached hydrogen (secondary N) is 1. The van der Waals surface area contributed by atoms with E-state index in [0.717, 1.165) is 11.3 Å². The van der Waals surface area contributed by atoms with Crippen molar-refractivity contribution >= 4 is 5.91 Å². The van der Waals surface area contributed by atoms with Crippen molar-refractivity contribution in [3.8, 4) is 11.5 Å². The number of nitrogens with zero attached hydrogens (tertiary/aromatic N) is 1. The number of carbonyl (C=O) groups excluding carboxylic acids is 1. The summed E-state index contributed by atoms with van der Waals surface area (Å²) in [4.78, 5) is 15.5. The number of amides is 1. The first-order valence-electron chi connectivity index (χ1n) is 6.27. The van der Waals surface area contributed by atoms with Gasteiger partial charge in [-0.05, 0) is 30.7 Å². The van der Waals surface area contributed by atoms with E-state index in [2.05, 4.69) is 10.3 Å². The van der Waals surface area contributed by atoms with Crippen molar-refractivity contribution in [2.24, 2.45) is 0 Å². The Bertz CT molecular complexity index is 599. The summed E-state index contributed by atoms with van der Waals surface area (Å²) in [7, 11) is 0. The fourth-order valence-corrected chi connectivity index (χ4v) is 1.71. The number of rotatable bonds is 5. The van der Waals surface area contributed by atoms with Crippen LogP contribution in [0, 0.1) is 6.92 Å². The molecule has 20 heavy (non-hydrogen) atoms. The zero-order valence-electron chi connectivity index (χ0n) is 11.2. The van der Waals surface area contributed by atoms with E-state index in [-0.39, 0.29) is 17.2 Å². The van der Waals surface area contributed by atoms with E-state index >= 15 is 0 Å². The lowest BCUT2D eigenvalue weighted by Gasteiger charge is -2.08. The maximum absolute atomic E-state index is 11.8. The van der Waals surface area contributed by atoms with Crippen molar-refractivity contribution in [1.29, 1.82) is 0 Å². The maximum Gasteiger partial charge on any atom is 0.255 e. The first-order valence-corrected chi connectivity index (χ1v) is 6.27. The van der Waals surface area contributed by atoms with Crippen LogP contribution in [-0.2, 0) is 0 Å². The molecule has 0 atom stereocenters. The molecule has 0 unspecified atom stereocenters. The molecule has 1 aromatic carbocycles. The summed E-state index contributed by atoms with van der Waals surface area (Å²) in [6.45, 7) is 2.70. The molecule has 0 saturated carbocycles. The Hall–Kier alpha value is -2.56. The van der Waals surface area contributed by atoms with Crippen LogP contribution < -0.4 is 10.1 Å². The molecular weight excluding hydrogens is 256 g/mol. The van der Waals surface area contributed by atoms with Gasteiger partial charge in [0.25, 0.3) is 5.91 Å². The zero-order valence-corrected chi connectivity index (χ0v) is 11.2. The monoisotopic (exact) mass is 272 g/mol. The Kier molecular flexibility index (Phi) is 4.55. The lowest BCUT2D eigenvalue weighted by molar-refractivity contribution is 0.0944. The molecule has 2 N–H and O–H groups in total. The van der Waals surface area contributed by atoms with Crippen molar-refractivity contribution in [3.05, 3.63) is 53.9 Å². The summed E-state index contributed by atoms with van der Waals surface area (Å²) in [5.41, 5.74) is 1.32. The van der Waals surface area contributed by atoms with E-state index in [0.29, 0.717) is 13.2 Å². The highest BCUT2D eigenvalue weighted by molar-refractivity contribution is 5.96. The molecule has 0 radical (unpaired) electrons. The first kappa shape index (κ1) is 13.9. The summed E-state index contributed by atoms with van der Waals surface area (Å²) >= 11 is 0. The number of carbonyl (C=O) groups is 1. The average Bonchev–Trinajstić information content (AvgIpc) is 2.44.